The number of phenols is 1. The molecule has 4 nitrogen and oxygen atoms in total. The number of fused-ring (bicyclic) bond motifs is 1. The van der Waals surface area contributed by atoms with E-state index in [1.807, 2.05) is 0 Å². The van der Waals surface area contributed by atoms with Crippen LogP contribution in [-0.4, -0.2) is 16.3 Å². The number of hydrogen-bond donors (Lipinski definition) is 1. The summed E-state index contributed by atoms with van der Waals surface area (Å²) in [5.41, 5.74) is 2.31. The van der Waals surface area contributed by atoms with Crippen molar-refractivity contribution in [2.24, 2.45) is 4.99 Å². The van der Waals surface area contributed by atoms with E-state index in [9.17, 15) is 9.50 Å². The molecular weight excluding hydrogens is 390 g/mol. The van der Waals surface area contributed by atoms with Crippen molar-refractivity contribution in [3.63, 3.8) is 0 Å². The Bertz CT molecular complexity index is 1190. The fraction of sp³-hybridized carbons (Fsp3) is 0. The smallest absolute Gasteiger partial charge is 0.230 e. The average molecular weight is 401 g/mol. The van der Waals surface area contributed by atoms with Crippen molar-refractivity contribution in [2.45, 2.75) is 0 Å². The Kier molecular flexibility index (Phi) is 4.56. The Hall–Kier alpha value is -2.89. The summed E-state index contributed by atoms with van der Waals surface area (Å²) in [7, 11) is 0. The zero-order chi connectivity index (χ0) is 19.0. The van der Waals surface area contributed by atoms with Gasteiger partial charge in [0.2, 0.25) is 5.89 Å². The maximum absolute atomic E-state index is 13.9. The lowest BCUT2D eigenvalue weighted by Gasteiger charge is -2.02. The minimum atomic E-state index is -0.407. The van der Waals surface area contributed by atoms with Crippen LogP contribution >= 0.6 is 23.2 Å². The number of benzene rings is 3. The largest absolute Gasteiger partial charge is 0.506 e. The first-order chi connectivity index (χ1) is 13.0. The summed E-state index contributed by atoms with van der Waals surface area (Å²) in [5.74, 6) is -0.312. The van der Waals surface area contributed by atoms with Crippen LogP contribution < -0.4 is 0 Å². The molecule has 0 aliphatic carbocycles. The molecule has 1 N–H and O–H groups in total. The van der Waals surface area contributed by atoms with Gasteiger partial charge < -0.3 is 9.52 Å². The molecule has 0 fully saturated rings. The standard InChI is InChI=1S/C20H11Cl2FN2O2/c21-12-7-11(19(26)15(22)8-12)10-24-13-5-6-18-17(9-13)25-20(27-18)14-3-1-2-4-16(14)23/h1-10,26H. The quantitative estimate of drug-likeness (QED) is 0.404. The SMILES string of the molecule is Oc1c(Cl)cc(Cl)cc1C=Nc1ccc2oc(-c3ccccc3F)nc2c1. The summed E-state index contributed by atoms with van der Waals surface area (Å²) >= 11 is 11.8. The molecule has 134 valence electrons. The van der Waals surface area contributed by atoms with Gasteiger partial charge in [-0.25, -0.2) is 9.37 Å². The number of aromatic hydroxyl groups is 1. The van der Waals surface area contributed by atoms with Gasteiger partial charge in [0.05, 0.1) is 16.3 Å². The molecule has 0 amide bonds. The van der Waals surface area contributed by atoms with Gasteiger partial charge in [-0.3, -0.25) is 4.99 Å². The normalized spacial score (nSPS) is 11.5. The highest BCUT2D eigenvalue weighted by atomic mass is 35.5. The predicted octanol–water partition coefficient (Wildman–Crippen LogP) is 6.40. The minimum absolute atomic E-state index is 0.103. The summed E-state index contributed by atoms with van der Waals surface area (Å²) in [6.07, 6.45) is 1.45. The number of phenolic OH excluding ortho intramolecular Hbond substituents is 1. The molecular formula is C20H11Cl2FN2O2. The van der Waals surface area contributed by atoms with Gasteiger partial charge in [0.15, 0.2) is 5.58 Å². The molecule has 0 atom stereocenters. The first-order valence-electron chi connectivity index (χ1n) is 7.89. The highest BCUT2D eigenvalue weighted by Crippen LogP contribution is 2.31. The second kappa shape index (κ2) is 7.02. The number of rotatable bonds is 3. The van der Waals surface area contributed by atoms with Crippen LogP contribution in [-0.2, 0) is 0 Å². The third-order valence-corrected chi connectivity index (χ3v) is 4.39. The molecule has 0 unspecified atom stereocenters. The summed E-state index contributed by atoms with van der Waals surface area (Å²) in [4.78, 5) is 8.64. The van der Waals surface area contributed by atoms with Gasteiger partial charge in [0.25, 0.3) is 0 Å². The third-order valence-electron chi connectivity index (χ3n) is 3.89. The summed E-state index contributed by atoms with van der Waals surface area (Å²) in [6.45, 7) is 0. The fourth-order valence-electron chi connectivity index (χ4n) is 2.57. The first-order valence-corrected chi connectivity index (χ1v) is 8.64. The lowest BCUT2D eigenvalue weighted by Crippen LogP contribution is -1.84. The molecule has 4 rings (SSSR count). The van der Waals surface area contributed by atoms with E-state index in [1.54, 1.807) is 42.5 Å². The molecule has 0 saturated heterocycles. The lowest BCUT2D eigenvalue weighted by atomic mass is 10.2. The molecule has 1 heterocycles. The van der Waals surface area contributed by atoms with Crippen molar-refractivity contribution in [1.29, 1.82) is 0 Å². The van der Waals surface area contributed by atoms with E-state index >= 15 is 0 Å². The van der Waals surface area contributed by atoms with Gasteiger partial charge in [-0.05, 0) is 42.5 Å². The molecule has 3 aromatic carbocycles. The van der Waals surface area contributed by atoms with Crippen molar-refractivity contribution in [2.75, 3.05) is 0 Å². The van der Waals surface area contributed by atoms with Crippen LogP contribution in [0.2, 0.25) is 10.0 Å². The number of oxazole rings is 1. The zero-order valence-corrected chi connectivity index (χ0v) is 15.2. The zero-order valence-electron chi connectivity index (χ0n) is 13.7. The van der Waals surface area contributed by atoms with Gasteiger partial charge in [0.1, 0.15) is 17.1 Å². The molecule has 0 saturated carbocycles. The third kappa shape index (κ3) is 3.52. The Morgan fingerprint density at radius 3 is 2.70 bits per heavy atom. The van der Waals surface area contributed by atoms with Crippen molar-refractivity contribution >= 4 is 46.2 Å². The van der Waals surface area contributed by atoms with E-state index < -0.39 is 5.82 Å². The van der Waals surface area contributed by atoms with Crippen molar-refractivity contribution in [1.82, 2.24) is 4.98 Å². The van der Waals surface area contributed by atoms with Crippen LogP contribution in [0.4, 0.5) is 10.1 Å². The van der Waals surface area contributed by atoms with Crippen molar-refractivity contribution in [3.05, 3.63) is 76.0 Å². The van der Waals surface area contributed by atoms with Gasteiger partial charge in [-0.15, -0.1) is 0 Å². The van der Waals surface area contributed by atoms with Crippen LogP contribution in [0.15, 0.2) is 64.0 Å². The van der Waals surface area contributed by atoms with E-state index in [0.717, 1.165) is 0 Å². The number of nitrogens with zero attached hydrogens (tertiary/aromatic N) is 2. The maximum Gasteiger partial charge on any atom is 0.230 e. The van der Waals surface area contributed by atoms with E-state index in [2.05, 4.69) is 9.98 Å². The van der Waals surface area contributed by atoms with Gasteiger partial charge in [-0.1, -0.05) is 35.3 Å². The Labute approximate surface area is 163 Å². The summed E-state index contributed by atoms with van der Waals surface area (Å²) in [5, 5.41) is 10.5. The molecule has 0 aliphatic heterocycles. The molecule has 0 spiro atoms. The second-order valence-corrected chi connectivity index (χ2v) is 6.58. The first kappa shape index (κ1) is 17.5. The van der Waals surface area contributed by atoms with E-state index in [4.69, 9.17) is 27.6 Å². The predicted molar refractivity (Wildman–Crippen MR) is 105 cm³/mol. The van der Waals surface area contributed by atoms with Crippen LogP contribution in [0, 0.1) is 5.82 Å². The molecule has 7 heteroatoms. The average Bonchev–Trinajstić information content (AvgIpc) is 3.07. The van der Waals surface area contributed by atoms with E-state index in [0.29, 0.717) is 27.4 Å². The number of hydrogen-bond acceptors (Lipinski definition) is 4. The van der Waals surface area contributed by atoms with Gasteiger partial charge in [0, 0.05) is 16.8 Å². The Balaban J connectivity index is 1.69. The van der Waals surface area contributed by atoms with Crippen LogP contribution in [0.5, 0.6) is 5.75 Å². The molecule has 27 heavy (non-hydrogen) atoms. The van der Waals surface area contributed by atoms with E-state index in [-0.39, 0.29) is 22.2 Å². The van der Waals surface area contributed by atoms with Crippen molar-refractivity contribution in [3.8, 4) is 17.2 Å². The number of aliphatic imine (C=N–C) groups is 1. The monoisotopic (exact) mass is 400 g/mol. The van der Waals surface area contributed by atoms with Gasteiger partial charge in [-0.2, -0.15) is 0 Å². The number of aromatic nitrogens is 1. The van der Waals surface area contributed by atoms with Crippen molar-refractivity contribution < 1.29 is 13.9 Å². The molecule has 0 bridgehead atoms. The molecule has 0 radical (unpaired) electrons. The maximum atomic E-state index is 13.9. The molecule has 1 aromatic heterocycles. The van der Waals surface area contributed by atoms with Gasteiger partial charge >= 0.3 is 0 Å². The lowest BCUT2D eigenvalue weighted by molar-refractivity contribution is 0.475. The van der Waals surface area contributed by atoms with Crippen LogP contribution in [0.3, 0.4) is 0 Å². The Morgan fingerprint density at radius 2 is 1.89 bits per heavy atom. The highest BCUT2D eigenvalue weighted by molar-refractivity contribution is 6.36. The molecule has 4 aromatic rings. The molecule has 0 aliphatic rings. The minimum Gasteiger partial charge on any atom is -0.506 e. The Morgan fingerprint density at radius 1 is 1.07 bits per heavy atom. The number of halogens is 3. The van der Waals surface area contributed by atoms with Crippen LogP contribution in [0.1, 0.15) is 5.56 Å². The summed E-state index contributed by atoms with van der Waals surface area (Å²) in [6, 6.07) is 14.4. The van der Waals surface area contributed by atoms with Crippen LogP contribution in [0.25, 0.3) is 22.6 Å². The summed E-state index contributed by atoms with van der Waals surface area (Å²) < 4.78 is 19.6. The topological polar surface area (TPSA) is 58.6 Å². The second-order valence-electron chi connectivity index (χ2n) is 5.73. The van der Waals surface area contributed by atoms with E-state index in [1.165, 1.54) is 18.3 Å². The highest BCUT2D eigenvalue weighted by Gasteiger charge is 2.12. The fourth-order valence-corrected chi connectivity index (χ4v) is 3.08.